The number of aromatic nitrogens is 2. The molecular formula is C17H13N2+. The first-order valence-corrected chi connectivity index (χ1v) is 6.45. The Labute approximate surface area is 112 Å². The fourth-order valence-corrected chi connectivity index (χ4v) is 2.75. The van der Waals surface area contributed by atoms with E-state index in [4.69, 9.17) is 0 Å². The molecule has 2 nitrogen and oxygen atoms in total. The van der Waals surface area contributed by atoms with Gasteiger partial charge in [0, 0.05) is 11.1 Å². The quantitative estimate of drug-likeness (QED) is 0.471. The summed E-state index contributed by atoms with van der Waals surface area (Å²) in [6, 6.07) is 18.9. The van der Waals surface area contributed by atoms with Crippen molar-refractivity contribution in [2.75, 3.05) is 0 Å². The van der Waals surface area contributed by atoms with Crippen LogP contribution < -0.4 is 4.57 Å². The fraction of sp³-hybridized carbons (Fsp3) is 0.0588. The molecule has 1 aliphatic rings. The Morgan fingerprint density at radius 3 is 2.58 bits per heavy atom. The van der Waals surface area contributed by atoms with Gasteiger partial charge in [-0.1, -0.05) is 48.5 Å². The molecule has 2 aromatic carbocycles. The standard InChI is InChI=1S/C17H13N2/c1-2-6-13(7-3-1)16-17-15-9-5-4-8-14(15)12-19(17)11-10-18-16/h1-11H,12H2/q+1. The molecule has 0 radical (unpaired) electrons. The molecule has 0 saturated heterocycles. The van der Waals surface area contributed by atoms with E-state index in [1.54, 1.807) is 0 Å². The van der Waals surface area contributed by atoms with Gasteiger partial charge in [0.15, 0.2) is 12.7 Å². The molecular weight excluding hydrogens is 232 g/mol. The highest BCUT2D eigenvalue weighted by atomic mass is 15.0. The topological polar surface area (TPSA) is 16.8 Å². The van der Waals surface area contributed by atoms with Crippen molar-refractivity contribution in [2.24, 2.45) is 0 Å². The Kier molecular flexibility index (Phi) is 2.21. The van der Waals surface area contributed by atoms with Gasteiger partial charge in [-0.05, 0) is 6.07 Å². The Bertz CT molecular complexity index is 748. The minimum absolute atomic E-state index is 0.938. The van der Waals surface area contributed by atoms with E-state index in [1.165, 1.54) is 22.4 Å². The lowest BCUT2D eigenvalue weighted by molar-refractivity contribution is -0.672. The Hall–Kier alpha value is -2.48. The normalized spacial score (nSPS) is 12.0. The van der Waals surface area contributed by atoms with E-state index in [0.717, 1.165) is 12.2 Å². The monoisotopic (exact) mass is 245 g/mol. The Morgan fingerprint density at radius 2 is 1.68 bits per heavy atom. The molecule has 0 N–H and O–H groups in total. The second kappa shape index (κ2) is 4.02. The molecule has 19 heavy (non-hydrogen) atoms. The summed E-state index contributed by atoms with van der Waals surface area (Å²) in [5, 5.41) is 0. The van der Waals surface area contributed by atoms with Crippen LogP contribution in [0, 0.1) is 0 Å². The second-order valence-corrected chi connectivity index (χ2v) is 4.78. The summed E-state index contributed by atoms with van der Waals surface area (Å²) in [4.78, 5) is 4.60. The highest BCUT2D eigenvalue weighted by Crippen LogP contribution is 2.32. The van der Waals surface area contributed by atoms with Crippen LogP contribution in [0.1, 0.15) is 5.56 Å². The summed E-state index contributed by atoms with van der Waals surface area (Å²) in [6.45, 7) is 0.938. The second-order valence-electron chi connectivity index (χ2n) is 4.78. The van der Waals surface area contributed by atoms with Crippen LogP contribution in [0.15, 0.2) is 67.0 Å². The van der Waals surface area contributed by atoms with Gasteiger partial charge in [0.1, 0.15) is 5.69 Å². The molecule has 90 valence electrons. The van der Waals surface area contributed by atoms with Gasteiger partial charge in [-0.25, -0.2) is 4.98 Å². The van der Waals surface area contributed by atoms with Crippen molar-refractivity contribution in [1.82, 2.24) is 4.98 Å². The first-order chi connectivity index (χ1) is 9.43. The van der Waals surface area contributed by atoms with Crippen LogP contribution in [0.25, 0.3) is 22.5 Å². The van der Waals surface area contributed by atoms with E-state index in [0.29, 0.717) is 0 Å². The molecule has 0 fully saturated rings. The summed E-state index contributed by atoms with van der Waals surface area (Å²) in [5.41, 5.74) is 6.13. The van der Waals surface area contributed by atoms with Crippen molar-refractivity contribution in [3.8, 4) is 22.5 Å². The third-order valence-corrected chi connectivity index (χ3v) is 3.62. The third kappa shape index (κ3) is 1.57. The molecule has 2 heterocycles. The van der Waals surface area contributed by atoms with Gasteiger partial charge >= 0.3 is 0 Å². The fourth-order valence-electron chi connectivity index (χ4n) is 2.75. The number of rotatable bonds is 1. The molecule has 0 atom stereocenters. The Balaban J connectivity index is 2.01. The number of nitrogens with zero attached hydrogens (tertiary/aromatic N) is 2. The minimum Gasteiger partial charge on any atom is -0.243 e. The lowest BCUT2D eigenvalue weighted by atomic mass is 10.0. The number of hydrogen-bond donors (Lipinski definition) is 0. The maximum atomic E-state index is 4.60. The molecule has 0 bridgehead atoms. The predicted molar refractivity (Wildman–Crippen MR) is 74.4 cm³/mol. The van der Waals surface area contributed by atoms with Crippen molar-refractivity contribution < 1.29 is 4.57 Å². The van der Waals surface area contributed by atoms with E-state index in [1.807, 2.05) is 12.3 Å². The van der Waals surface area contributed by atoms with Gasteiger partial charge in [-0.3, -0.25) is 0 Å². The molecule has 0 amide bonds. The van der Waals surface area contributed by atoms with E-state index in [2.05, 4.69) is 64.3 Å². The molecule has 2 heteroatoms. The molecule has 1 aromatic heterocycles. The molecule has 3 aromatic rings. The van der Waals surface area contributed by atoms with E-state index in [-0.39, 0.29) is 0 Å². The lowest BCUT2D eigenvalue weighted by Gasteiger charge is -2.02. The zero-order valence-corrected chi connectivity index (χ0v) is 10.5. The van der Waals surface area contributed by atoms with Crippen LogP contribution in [-0.4, -0.2) is 4.98 Å². The average molecular weight is 245 g/mol. The van der Waals surface area contributed by atoms with Gasteiger partial charge in [0.25, 0.3) is 0 Å². The van der Waals surface area contributed by atoms with Gasteiger partial charge < -0.3 is 0 Å². The van der Waals surface area contributed by atoms with Crippen molar-refractivity contribution >= 4 is 0 Å². The summed E-state index contributed by atoms with van der Waals surface area (Å²) < 4.78 is 2.28. The van der Waals surface area contributed by atoms with Crippen molar-refractivity contribution in [1.29, 1.82) is 0 Å². The van der Waals surface area contributed by atoms with E-state index < -0.39 is 0 Å². The summed E-state index contributed by atoms with van der Waals surface area (Å²) in [7, 11) is 0. The van der Waals surface area contributed by atoms with Crippen LogP contribution in [0.5, 0.6) is 0 Å². The molecule has 0 saturated carbocycles. The Morgan fingerprint density at radius 1 is 0.895 bits per heavy atom. The summed E-state index contributed by atoms with van der Waals surface area (Å²) in [6.07, 6.45) is 3.94. The molecule has 0 unspecified atom stereocenters. The summed E-state index contributed by atoms with van der Waals surface area (Å²) >= 11 is 0. The van der Waals surface area contributed by atoms with Gasteiger partial charge in [-0.2, -0.15) is 4.57 Å². The lowest BCUT2D eigenvalue weighted by Crippen LogP contribution is -2.32. The molecule has 1 aliphatic heterocycles. The van der Waals surface area contributed by atoms with Crippen molar-refractivity contribution in [3.05, 3.63) is 72.6 Å². The first kappa shape index (κ1) is 10.4. The molecule has 0 spiro atoms. The minimum atomic E-state index is 0.938. The van der Waals surface area contributed by atoms with Crippen LogP contribution in [0.4, 0.5) is 0 Å². The molecule has 0 aliphatic carbocycles. The van der Waals surface area contributed by atoms with E-state index >= 15 is 0 Å². The van der Waals surface area contributed by atoms with Crippen LogP contribution in [0.2, 0.25) is 0 Å². The average Bonchev–Trinajstić information content (AvgIpc) is 2.86. The van der Waals surface area contributed by atoms with Crippen molar-refractivity contribution in [2.45, 2.75) is 6.54 Å². The van der Waals surface area contributed by atoms with Crippen LogP contribution in [0.3, 0.4) is 0 Å². The number of hydrogen-bond acceptors (Lipinski definition) is 1. The zero-order valence-electron chi connectivity index (χ0n) is 10.5. The van der Waals surface area contributed by atoms with Crippen LogP contribution >= 0.6 is 0 Å². The highest BCUT2D eigenvalue weighted by Gasteiger charge is 2.29. The predicted octanol–water partition coefficient (Wildman–Crippen LogP) is 3.06. The smallest absolute Gasteiger partial charge is 0.239 e. The largest absolute Gasteiger partial charge is 0.243 e. The van der Waals surface area contributed by atoms with E-state index in [9.17, 15) is 0 Å². The van der Waals surface area contributed by atoms with Gasteiger partial charge in [-0.15, -0.1) is 0 Å². The van der Waals surface area contributed by atoms with Crippen LogP contribution in [-0.2, 0) is 6.54 Å². The number of benzene rings is 2. The van der Waals surface area contributed by atoms with Gasteiger partial charge in [0.05, 0.1) is 11.8 Å². The third-order valence-electron chi connectivity index (χ3n) is 3.62. The SMILES string of the molecule is c1ccc(-c2ncc[n+]3c2-c2ccccc2C3)cc1. The van der Waals surface area contributed by atoms with Crippen molar-refractivity contribution in [3.63, 3.8) is 0 Å². The molecule has 4 rings (SSSR count). The maximum Gasteiger partial charge on any atom is 0.239 e. The zero-order chi connectivity index (χ0) is 12.7. The highest BCUT2D eigenvalue weighted by molar-refractivity contribution is 5.78. The number of fused-ring (bicyclic) bond motifs is 3. The first-order valence-electron chi connectivity index (χ1n) is 6.45. The van der Waals surface area contributed by atoms with Gasteiger partial charge in [0.2, 0.25) is 5.69 Å². The summed E-state index contributed by atoms with van der Waals surface area (Å²) in [5.74, 6) is 0. The maximum absolute atomic E-state index is 4.60.